The van der Waals surface area contributed by atoms with Crippen LogP contribution in [0.15, 0.2) is 48.7 Å². The first-order valence-corrected chi connectivity index (χ1v) is 5.81. The van der Waals surface area contributed by atoms with Gasteiger partial charge in [-0.05, 0) is 36.4 Å². The lowest BCUT2D eigenvalue weighted by Crippen LogP contribution is -2.36. The first-order valence-electron chi connectivity index (χ1n) is 5.81. The van der Waals surface area contributed by atoms with Crippen molar-refractivity contribution in [3.8, 4) is 5.75 Å². The van der Waals surface area contributed by atoms with Crippen LogP contribution in [0.4, 0.5) is 5.69 Å². The van der Waals surface area contributed by atoms with Crippen molar-refractivity contribution in [3.63, 3.8) is 0 Å². The van der Waals surface area contributed by atoms with Crippen LogP contribution in [-0.4, -0.2) is 33.6 Å². The number of carboxylic acids is 1. The molecule has 1 amide bonds. The molecule has 6 heteroatoms. The van der Waals surface area contributed by atoms with Crippen molar-refractivity contribution in [2.75, 3.05) is 11.4 Å². The molecule has 0 saturated carbocycles. The van der Waals surface area contributed by atoms with Gasteiger partial charge in [-0.2, -0.15) is 0 Å². The second-order valence-corrected chi connectivity index (χ2v) is 4.02. The maximum atomic E-state index is 12.3. The number of rotatable bonds is 4. The van der Waals surface area contributed by atoms with Crippen LogP contribution in [0, 0.1) is 0 Å². The SMILES string of the molecule is O=C(O)CN(C(=O)c1ccccn1)c1ccc(O)cc1. The van der Waals surface area contributed by atoms with E-state index in [1.807, 2.05) is 0 Å². The van der Waals surface area contributed by atoms with Gasteiger partial charge in [-0.25, -0.2) is 0 Å². The largest absolute Gasteiger partial charge is 0.508 e. The minimum atomic E-state index is -1.14. The molecule has 0 bridgehead atoms. The second kappa shape index (κ2) is 5.83. The Kier molecular flexibility index (Phi) is 3.95. The molecule has 1 aromatic heterocycles. The van der Waals surface area contributed by atoms with Gasteiger partial charge in [0.15, 0.2) is 0 Å². The quantitative estimate of drug-likeness (QED) is 0.880. The summed E-state index contributed by atoms with van der Waals surface area (Å²) in [6.07, 6.45) is 1.46. The van der Waals surface area contributed by atoms with Crippen LogP contribution in [-0.2, 0) is 4.79 Å². The summed E-state index contributed by atoms with van der Waals surface area (Å²) < 4.78 is 0. The number of nitrogens with zero attached hydrogens (tertiary/aromatic N) is 2. The summed E-state index contributed by atoms with van der Waals surface area (Å²) in [5, 5.41) is 18.2. The van der Waals surface area contributed by atoms with E-state index in [1.54, 1.807) is 12.1 Å². The maximum absolute atomic E-state index is 12.3. The topological polar surface area (TPSA) is 90.7 Å². The summed E-state index contributed by atoms with van der Waals surface area (Å²) in [5.74, 6) is -1.62. The van der Waals surface area contributed by atoms with Crippen molar-refractivity contribution in [2.24, 2.45) is 0 Å². The molecule has 0 unspecified atom stereocenters. The van der Waals surface area contributed by atoms with Crippen LogP contribution in [0.2, 0.25) is 0 Å². The van der Waals surface area contributed by atoms with Crippen molar-refractivity contribution >= 4 is 17.6 Å². The van der Waals surface area contributed by atoms with Gasteiger partial charge in [0.05, 0.1) is 0 Å². The van der Waals surface area contributed by atoms with E-state index >= 15 is 0 Å². The number of aromatic hydroxyl groups is 1. The Balaban J connectivity index is 2.35. The molecule has 1 heterocycles. The van der Waals surface area contributed by atoms with E-state index in [2.05, 4.69) is 4.98 Å². The highest BCUT2D eigenvalue weighted by Crippen LogP contribution is 2.20. The minimum Gasteiger partial charge on any atom is -0.508 e. The molecule has 6 nitrogen and oxygen atoms in total. The Bertz CT molecular complexity index is 611. The average Bonchev–Trinajstić information content (AvgIpc) is 2.46. The summed E-state index contributed by atoms with van der Waals surface area (Å²) in [7, 11) is 0. The van der Waals surface area contributed by atoms with Gasteiger partial charge in [-0.3, -0.25) is 19.5 Å². The van der Waals surface area contributed by atoms with Crippen LogP contribution in [0.25, 0.3) is 0 Å². The van der Waals surface area contributed by atoms with Gasteiger partial charge in [-0.1, -0.05) is 6.07 Å². The van der Waals surface area contributed by atoms with Crippen LogP contribution >= 0.6 is 0 Å². The molecule has 0 aliphatic heterocycles. The lowest BCUT2D eigenvalue weighted by atomic mass is 10.2. The number of phenols is 1. The summed E-state index contributed by atoms with van der Waals surface area (Å²) in [6.45, 7) is -0.486. The molecule has 0 saturated heterocycles. The Morgan fingerprint density at radius 3 is 2.35 bits per heavy atom. The molecule has 0 aliphatic carbocycles. The zero-order valence-corrected chi connectivity index (χ0v) is 10.4. The van der Waals surface area contributed by atoms with E-state index in [1.165, 1.54) is 36.5 Å². The number of benzene rings is 1. The number of pyridine rings is 1. The molecule has 0 fully saturated rings. The molecular weight excluding hydrogens is 260 g/mol. The van der Waals surface area contributed by atoms with Gasteiger partial charge in [0.1, 0.15) is 18.0 Å². The van der Waals surface area contributed by atoms with E-state index in [-0.39, 0.29) is 11.4 Å². The van der Waals surface area contributed by atoms with E-state index in [9.17, 15) is 14.7 Å². The van der Waals surface area contributed by atoms with Gasteiger partial charge >= 0.3 is 5.97 Å². The van der Waals surface area contributed by atoms with Gasteiger partial charge in [0.25, 0.3) is 5.91 Å². The third-order valence-electron chi connectivity index (χ3n) is 2.58. The molecule has 2 rings (SSSR count). The average molecular weight is 272 g/mol. The van der Waals surface area contributed by atoms with Crippen molar-refractivity contribution < 1.29 is 19.8 Å². The number of anilines is 1. The Morgan fingerprint density at radius 2 is 1.80 bits per heavy atom. The lowest BCUT2D eigenvalue weighted by Gasteiger charge is -2.20. The fourth-order valence-corrected chi connectivity index (χ4v) is 1.68. The number of hydrogen-bond acceptors (Lipinski definition) is 4. The predicted molar refractivity (Wildman–Crippen MR) is 71.7 cm³/mol. The molecule has 20 heavy (non-hydrogen) atoms. The second-order valence-electron chi connectivity index (χ2n) is 4.02. The van der Waals surface area contributed by atoms with Crippen molar-refractivity contribution in [1.82, 2.24) is 4.98 Å². The number of aromatic nitrogens is 1. The standard InChI is InChI=1S/C14H12N2O4/c17-11-6-4-10(5-7-11)16(9-13(18)19)14(20)12-3-1-2-8-15-12/h1-8,17H,9H2,(H,18,19). The van der Waals surface area contributed by atoms with Gasteiger partial charge < -0.3 is 10.2 Å². The van der Waals surface area contributed by atoms with Crippen molar-refractivity contribution in [2.45, 2.75) is 0 Å². The number of carbonyl (C=O) groups is 2. The highest BCUT2D eigenvalue weighted by molar-refractivity contribution is 6.07. The number of phenolic OH excluding ortho intramolecular Hbond substituents is 1. The molecule has 0 aliphatic rings. The highest BCUT2D eigenvalue weighted by atomic mass is 16.4. The fourth-order valence-electron chi connectivity index (χ4n) is 1.68. The number of aliphatic carboxylic acids is 1. The molecule has 0 atom stereocenters. The molecule has 2 N–H and O–H groups in total. The van der Waals surface area contributed by atoms with Gasteiger partial charge in [0, 0.05) is 11.9 Å². The smallest absolute Gasteiger partial charge is 0.323 e. The third-order valence-corrected chi connectivity index (χ3v) is 2.58. The third kappa shape index (κ3) is 3.11. The van der Waals surface area contributed by atoms with E-state index in [0.29, 0.717) is 5.69 Å². The van der Waals surface area contributed by atoms with E-state index in [4.69, 9.17) is 5.11 Å². The van der Waals surface area contributed by atoms with Crippen LogP contribution in [0.1, 0.15) is 10.5 Å². The molecule has 0 spiro atoms. The highest BCUT2D eigenvalue weighted by Gasteiger charge is 2.21. The number of amides is 1. The van der Waals surface area contributed by atoms with E-state index < -0.39 is 18.4 Å². The van der Waals surface area contributed by atoms with Crippen LogP contribution in [0.5, 0.6) is 5.75 Å². The Labute approximate surface area is 114 Å². The number of carbonyl (C=O) groups excluding carboxylic acids is 1. The fraction of sp³-hybridized carbons (Fsp3) is 0.0714. The van der Waals surface area contributed by atoms with Crippen LogP contribution in [0.3, 0.4) is 0 Å². The molecule has 102 valence electrons. The first kappa shape index (κ1) is 13.5. The molecule has 0 radical (unpaired) electrons. The zero-order valence-electron chi connectivity index (χ0n) is 10.4. The van der Waals surface area contributed by atoms with Crippen molar-refractivity contribution in [3.05, 3.63) is 54.4 Å². The first-order chi connectivity index (χ1) is 9.58. The monoisotopic (exact) mass is 272 g/mol. The van der Waals surface area contributed by atoms with E-state index in [0.717, 1.165) is 4.90 Å². The van der Waals surface area contributed by atoms with Gasteiger partial charge in [0.2, 0.25) is 0 Å². The van der Waals surface area contributed by atoms with Gasteiger partial charge in [-0.15, -0.1) is 0 Å². The summed E-state index contributed by atoms with van der Waals surface area (Å²) in [5.41, 5.74) is 0.530. The zero-order chi connectivity index (χ0) is 14.5. The summed E-state index contributed by atoms with van der Waals surface area (Å²) >= 11 is 0. The van der Waals surface area contributed by atoms with Crippen molar-refractivity contribution in [1.29, 1.82) is 0 Å². The Morgan fingerprint density at radius 1 is 1.10 bits per heavy atom. The number of hydrogen-bond donors (Lipinski definition) is 2. The Hall–Kier alpha value is -2.89. The summed E-state index contributed by atoms with van der Waals surface area (Å²) in [4.78, 5) is 28.2. The number of carboxylic acid groups (broad SMARTS) is 1. The summed E-state index contributed by atoms with van der Waals surface area (Å²) in [6, 6.07) is 10.5. The van der Waals surface area contributed by atoms with Crippen LogP contribution < -0.4 is 4.90 Å². The lowest BCUT2D eigenvalue weighted by molar-refractivity contribution is -0.135. The minimum absolute atomic E-state index is 0.0364. The molecule has 1 aromatic carbocycles. The normalized spacial score (nSPS) is 10.0. The maximum Gasteiger partial charge on any atom is 0.323 e. The predicted octanol–water partition coefficient (Wildman–Crippen LogP) is 1.52. The molecular formula is C14H12N2O4. The molecule has 2 aromatic rings.